The minimum atomic E-state index is 0.0406. The van der Waals surface area contributed by atoms with Crippen LogP contribution in [0, 0.1) is 5.92 Å². The number of aliphatic imine (C=N–C) groups is 1. The number of guanidine groups is 1. The van der Waals surface area contributed by atoms with Crippen LogP contribution in [0.4, 0.5) is 0 Å². The van der Waals surface area contributed by atoms with E-state index in [4.69, 9.17) is 4.99 Å². The van der Waals surface area contributed by atoms with E-state index in [1.165, 1.54) is 17.7 Å². The van der Waals surface area contributed by atoms with Gasteiger partial charge in [0.25, 0.3) is 0 Å². The Morgan fingerprint density at radius 2 is 2.00 bits per heavy atom. The van der Waals surface area contributed by atoms with E-state index in [1.807, 2.05) is 41.7 Å². The molecule has 0 bridgehead atoms. The van der Waals surface area contributed by atoms with Gasteiger partial charge in [0.1, 0.15) is 0 Å². The molecule has 6 nitrogen and oxygen atoms in total. The average Bonchev–Trinajstić information content (AvgIpc) is 3.31. The van der Waals surface area contributed by atoms with Crippen molar-refractivity contribution in [1.29, 1.82) is 0 Å². The van der Waals surface area contributed by atoms with Crippen LogP contribution in [0.5, 0.6) is 0 Å². The highest BCUT2D eigenvalue weighted by Crippen LogP contribution is 2.37. The van der Waals surface area contributed by atoms with Gasteiger partial charge < -0.3 is 16.0 Å². The normalized spacial score (nSPS) is 19.7. The van der Waals surface area contributed by atoms with E-state index in [9.17, 15) is 4.79 Å². The predicted octanol–water partition coefficient (Wildman–Crippen LogP) is 3.39. The molecule has 0 saturated carbocycles. The molecule has 1 aliphatic rings. The Labute approximate surface area is 190 Å². The van der Waals surface area contributed by atoms with Crippen LogP contribution in [0.15, 0.2) is 52.8 Å². The second-order valence-corrected chi connectivity index (χ2v) is 8.98. The number of carbonyl (C=O) groups excluding carboxylic acids is 1. The van der Waals surface area contributed by atoms with E-state index in [1.54, 1.807) is 0 Å². The number of thiophene rings is 1. The molecule has 0 radical (unpaired) electrons. The maximum atomic E-state index is 12.2. The Morgan fingerprint density at radius 3 is 2.74 bits per heavy atom. The van der Waals surface area contributed by atoms with Crippen molar-refractivity contribution in [2.45, 2.75) is 38.8 Å². The molecular weight excluding hydrogens is 406 g/mol. The summed E-state index contributed by atoms with van der Waals surface area (Å²) >= 11 is 1.84. The molecule has 31 heavy (non-hydrogen) atoms. The van der Waals surface area contributed by atoms with Crippen molar-refractivity contribution in [2.75, 3.05) is 33.2 Å². The van der Waals surface area contributed by atoms with Crippen LogP contribution in [0.25, 0.3) is 0 Å². The largest absolute Gasteiger partial charge is 0.357 e. The third-order valence-electron chi connectivity index (χ3n) is 5.65. The van der Waals surface area contributed by atoms with Crippen molar-refractivity contribution in [3.05, 3.63) is 58.3 Å². The highest BCUT2D eigenvalue weighted by molar-refractivity contribution is 7.10. The lowest BCUT2D eigenvalue weighted by Gasteiger charge is -2.38. The van der Waals surface area contributed by atoms with E-state index < -0.39 is 0 Å². The molecule has 2 atom stereocenters. The monoisotopic (exact) mass is 441 g/mol. The smallest absolute Gasteiger partial charge is 0.222 e. The first-order chi connectivity index (χ1) is 15.2. The second kappa shape index (κ2) is 12.5. The van der Waals surface area contributed by atoms with Gasteiger partial charge in [-0.2, -0.15) is 0 Å². The van der Waals surface area contributed by atoms with Crippen LogP contribution in [-0.2, 0) is 11.3 Å². The summed E-state index contributed by atoms with van der Waals surface area (Å²) < 4.78 is 0. The lowest BCUT2D eigenvalue weighted by molar-refractivity contribution is -0.121. The summed E-state index contributed by atoms with van der Waals surface area (Å²) in [5.41, 5.74) is 1.11. The minimum absolute atomic E-state index is 0.0406. The molecule has 1 aromatic carbocycles. The summed E-state index contributed by atoms with van der Waals surface area (Å²) in [4.78, 5) is 20.9. The van der Waals surface area contributed by atoms with Gasteiger partial charge in [-0.15, -0.1) is 11.3 Å². The van der Waals surface area contributed by atoms with Crippen molar-refractivity contribution < 1.29 is 4.79 Å². The zero-order valence-corrected chi connectivity index (χ0v) is 19.5. The van der Waals surface area contributed by atoms with Gasteiger partial charge in [0, 0.05) is 43.5 Å². The molecule has 2 unspecified atom stereocenters. The SMILES string of the molecule is CCNC(=NCC1CCCN(C)C1c1cccs1)NCCC(=O)NCc1ccccc1. The van der Waals surface area contributed by atoms with Crippen molar-refractivity contribution in [3.8, 4) is 0 Å². The fourth-order valence-corrected chi connectivity index (χ4v) is 5.07. The number of benzene rings is 1. The molecule has 2 aromatic rings. The highest BCUT2D eigenvalue weighted by atomic mass is 32.1. The topological polar surface area (TPSA) is 68.8 Å². The summed E-state index contributed by atoms with van der Waals surface area (Å²) in [6.07, 6.45) is 2.82. The Hall–Kier alpha value is -2.38. The number of carbonyl (C=O) groups is 1. The van der Waals surface area contributed by atoms with Crippen LogP contribution < -0.4 is 16.0 Å². The Morgan fingerprint density at radius 1 is 1.16 bits per heavy atom. The predicted molar refractivity (Wildman–Crippen MR) is 129 cm³/mol. The van der Waals surface area contributed by atoms with Gasteiger partial charge in [-0.3, -0.25) is 14.7 Å². The summed E-state index contributed by atoms with van der Waals surface area (Å²) in [6.45, 7) is 5.90. The van der Waals surface area contributed by atoms with Crippen molar-refractivity contribution in [3.63, 3.8) is 0 Å². The molecule has 1 fully saturated rings. The number of likely N-dealkylation sites (tertiary alicyclic amines) is 1. The number of rotatable bonds is 9. The van der Waals surface area contributed by atoms with E-state index >= 15 is 0 Å². The first kappa shape index (κ1) is 23.3. The third kappa shape index (κ3) is 7.36. The van der Waals surface area contributed by atoms with E-state index in [0.29, 0.717) is 31.5 Å². The number of piperidine rings is 1. The molecule has 0 aliphatic carbocycles. The molecule has 3 N–H and O–H groups in total. The standard InChI is InChI=1S/C24H35N5OS/c1-3-25-24(26-14-13-22(30)27-17-19-9-5-4-6-10-19)28-18-20-11-7-15-29(2)23(20)21-12-8-16-31-21/h4-6,8-10,12,16,20,23H,3,7,11,13-15,17-18H2,1-2H3,(H,27,30)(H2,25,26,28). The van der Waals surface area contributed by atoms with Crippen molar-refractivity contribution >= 4 is 23.2 Å². The maximum Gasteiger partial charge on any atom is 0.222 e. The average molecular weight is 442 g/mol. The zero-order chi connectivity index (χ0) is 21.9. The first-order valence-corrected chi connectivity index (χ1v) is 12.1. The first-order valence-electron chi connectivity index (χ1n) is 11.2. The van der Waals surface area contributed by atoms with Crippen LogP contribution in [0.1, 0.15) is 42.7 Å². The zero-order valence-electron chi connectivity index (χ0n) is 18.6. The number of amides is 1. The van der Waals surface area contributed by atoms with Gasteiger partial charge in [0.2, 0.25) is 5.91 Å². The quantitative estimate of drug-likeness (QED) is 0.412. The molecule has 1 amide bonds. The third-order valence-corrected chi connectivity index (χ3v) is 6.59. The molecule has 1 saturated heterocycles. The molecule has 3 rings (SSSR count). The van der Waals surface area contributed by atoms with Crippen LogP contribution in [0.3, 0.4) is 0 Å². The van der Waals surface area contributed by atoms with E-state index in [-0.39, 0.29) is 5.91 Å². The summed E-state index contributed by atoms with van der Waals surface area (Å²) in [7, 11) is 2.22. The fraction of sp³-hybridized carbons (Fsp3) is 0.500. The summed E-state index contributed by atoms with van der Waals surface area (Å²) in [5.74, 6) is 1.33. The van der Waals surface area contributed by atoms with Crippen LogP contribution in [0.2, 0.25) is 0 Å². The number of nitrogens with one attached hydrogen (secondary N) is 3. The number of hydrogen-bond acceptors (Lipinski definition) is 4. The van der Waals surface area contributed by atoms with Gasteiger partial charge in [0.15, 0.2) is 5.96 Å². The lowest BCUT2D eigenvalue weighted by Crippen LogP contribution is -2.41. The number of nitrogens with zero attached hydrogens (tertiary/aromatic N) is 2. The molecular formula is C24H35N5OS. The maximum absolute atomic E-state index is 12.2. The fourth-order valence-electron chi connectivity index (χ4n) is 4.09. The molecule has 0 spiro atoms. The summed E-state index contributed by atoms with van der Waals surface area (Å²) in [6, 6.07) is 14.8. The number of hydrogen-bond donors (Lipinski definition) is 3. The van der Waals surface area contributed by atoms with Crippen LogP contribution in [-0.4, -0.2) is 50.0 Å². The van der Waals surface area contributed by atoms with Gasteiger partial charge in [-0.05, 0) is 56.3 Å². The molecule has 7 heteroatoms. The van der Waals surface area contributed by atoms with E-state index in [2.05, 4.69) is 52.3 Å². The Kier molecular flexibility index (Phi) is 9.37. The van der Waals surface area contributed by atoms with Gasteiger partial charge in [0.05, 0.1) is 0 Å². The van der Waals surface area contributed by atoms with Gasteiger partial charge in [-0.1, -0.05) is 36.4 Å². The van der Waals surface area contributed by atoms with Gasteiger partial charge in [-0.25, -0.2) is 0 Å². The lowest BCUT2D eigenvalue weighted by atomic mass is 9.88. The second-order valence-electron chi connectivity index (χ2n) is 8.00. The Bertz CT molecular complexity index is 809. The Balaban J connectivity index is 1.48. The highest BCUT2D eigenvalue weighted by Gasteiger charge is 2.31. The molecule has 1 aromatic heterocycles. The molecule has 1 aliphatic heterocycles. The molecule has 2 heterocycles. The van der Waals surface area contributed by atoms with Crippen molar-refractivity contribution in [2.24, 2.45) is 10.9 Å². The van der Waals surface area contributed by atoms with E-state index in [0.717, 1.165) is 31.2 Å². The van der Waals surface area contributed by atoms with Crippen LogP contribution >= 0.6 is 11.3 Å². The van der Waals surface area contributed by atoms with Crippen molar-refractivity contribution in [1.82, 2.24) is 20.9 Å². The minimum Gasteiger partial charge on any atom is -0.357 e. The summed E-state index contributed by atoms with van der Waals surface area (Å²) in [5, 5.41) is 11.8. The van der Waals surface area contributed by atoms with Gasteiger partial charge >= 0.3 is 0 Å². The molecule has 168 valence electrons.